The summed E-state index contributed by atoms with van der Waals surface area (Å²) in [6.07, 6.45) is 3.38. The van der Waals surface area contributed by atoms with E-state index in [0.29, 0.717) is 5.92 Å². The van der Waals surface area contributed by atoms with Crippen LogP contribution < -0.4 is 10.6 Å². The van der Waals surface area contributed by atoms with E-state index < -0.39 is 0 Å². The van der Waals surface area contributed by atoms with Crippen molar-refractivity contribution in [2.45, 2.75) is 25.2 Å². The van der Waals surface area contributed by atoms with Gasteiger partial charge in [-0.1, -0.05) is 54.6 Å². The Morgan fingerprint density at radius 2 is 1.83 bits per heavy atom. The van der Waals surface area contributed by atoms with Crippen LogP contribution in [0.25, 0.3) is 0 Å². The Kier molecular flexibility index (Phi) is 5.30. The van der Waals surface area contributed by atoms with Gasteiger partial charge in [0.1, 0.15) is 0 Å². The first-order valence-electron chi connectivity index (χ1n) is 8.43. The van der Waals surface area contributed by atoms with E-state index in [1.165, 1.54) is 23.1 Å². The third kappa shape index (κ3) is 4.13. The summed E-state index contributed by atoms with van der Waals surface area (Å²) in [6.45, 7) is 1.89. The van der Waals surface area contributed by atoms with Gasteiger partial charge < -0.3 is 10.6 Å². The van der Waals surface area contributed by atoms with Crippen molar-refractivity contribution in [3.8, 4) is 0 Å². The number of benzene rings is 2. The van der Waals surface area contributed by atoms with Crippen molar-refractivity contribution >= 4 is 5.96 Å². The van der Waals surface area contributed by atoms with Crippen molar-refractivity contribution in [1.82, 2.24) is 10.6 Å². The molecule has 0 bridgehead atoms. The number of hydrogen-bond acceptors (Lipinski definition) is 1. The third-order valence-corrected chi connectivity index (χ3v) is 4.48. The molecule has 1 aliphatic carbocycles. The van der Waals surface area contributed by atoms with Crippen LogP contribution in [-0.4, -0.2) is 26.1 Å². The fourth-order valence-electron chi connectivity index (χ4n) is 3.13. The zero-order valence-corrected chi connectivity index (χ0v) is 13.8. The number of guanidine groups is 1. The molecule has 0 saturated heterocycles. The molecule has 1 unspecified atom stereocenters. The summed E-state index contributed by atoms with van der Waals surface area (Å²) in [5.41, 5.74) is 4.37. The lowest BCUT2D eigenvalue weighted by molar-refractivity contribution is 0.583. The van der Waals surface area contributed by atoms with E-state index in [1.807, 2.05) is 7.05 Å². The van der Waals surface area contributed by atoms with Gasteiger partial charge in [0.05, 0.1) is 0 Å². The summed E-state index contributed by atoms with van der Waals surface area (Å²) in [6, 6.07) is 19.3. The standard InChI is InChI=1S/C20H25N3/c1-21-20(22-13-7-10-16-8-3-2-4-9-16)23-15-18-14-17-11-5-6-12-19(17)18/h2-6,8-9,11-12,18H,7,10,13-15H2,1H3,(H2,21,22,23). The van der Waals surface area contributed by atoms with E-state index >= 15 is 0 Å². The molecule has 3 rings (SSSR count). The number of hydrogen-bond donors (Lipinski definition) is 2. The van der Waals surface area contributed by atoms with Gasteiger partial charge in [0.25, 0.3) is 0 Å². The molecule has 0 fully saturated rings. The van der Waals surface area contributed by atoms with Crippen LogP contribution in [0.2, 0.25) is 0 Å². The van der Waals surface area contributed by atoms with Crippen LogP contribution in [-0.2, 0) is 12.8 Å². The molecular formula is C20H25N3. The molecule has 0 saturated carbocycles. The molecule has 2 aromatic rings. The highest BCUT2D eigenvalue weighted by molar-refractivity contribution is 5.79. The van der Waals surface area contributed by atoms with Crippen molar-refractivity contribution < 1.29 is 0 Å². The topological polar surface area (TPSA) is 36.4 Å². The lowest BCUT2D eigenvalue weighted by Gasteiger charge is -2.30. The van der Waals surface area contributed by atoms with Crippen LogP contribution in [0.1, 0.15) is 29.0 Å². The number of rotatable bonds is 6. The monoisotopic (exact) mass is 307 g/mol. The Labute approximate surface area is 138 Å². The zero-order valence-electron chi connectivity index (χ0n) is 13.8. The van der Waals surface area contributed by atoms with Crippen molar-refractivity contribution in [2.75, 3.05) is 20.1 Å². The molecule has 0 heterocycles. The summed E-state index contributed by atoms with van der Waals surface area (Å²) in [5.74, 6) is 1.52. The van der Waals surface area contributed by atoms with Gasteiger partial charge in [-0.15, -0.1) is 0 Å². The number of nitrogens with one attached hydrogen (secondary N) is 2. The molecule has 3 nitrogen and oxygen atoms in total. The van der Waals surface area contributed by atoms with E-state index in [4.69, 9.17) is 0 Å². The lowest BCUT2D eigenvalue weighted by Crippen LogP contribution is -2.41. The zero-order chi connectivity index (χ0) is 15.9. The minimum Gasteiger partial charge on any atom is -0.356 e. The minimum atomic E-state index is 0.620. The Bertz CT molecular complexity index is 649. The Morgan fingerprint density at radius 1 is 1.04 bits per heavy atom. The molecule has 1 atom stereocenters. The smallest absolute Gasteiger partial charge is 0.190 e. The maximum Gasteiger partial charge on any atom is 0.190 e. The highest BCUT2D eigenvalue weighted by Crippen LogP contribution is 2.33. The van der Waals surface area contributed by atoms with Crippen molar-refractivity contribution in [2.24, 2.45) is 4.99 Å². The summed E-state index contributed by atoms with van der Waals surface area (Å²) in [5, 5.41) is 6.86. The van der Waals surface area contributed by atoms with Crippen LogP contribution in [0.4, 0.5) is 0 Å². The van der Waals surface area contributed by atoms with Gasteiger partial charge in [-0.25, -0.2) is 0 Å². The van der Waals surface area contributed by atoms with Crippen molar-refractivity contribution in [3.63, 3.8) is 0 Å². The molecule has 23 heavy (non-hydrogen) atoms. The second kappa shape index (κ2) is 7.82. The van der Waals surface area contributed by atoms with Crippen LogP contribution in [0.15, 0.2) is 59.6 Å². The molecule has 1 aliphatic rings. The highest BCUT2D eigenvalue weighted by Gasteiger charge is 2.25. The van der Waals surface area contributed by atoms with Crippen LogP contribution in [0.5, 0.6) is 0 Å². The number of aryl methyl sites for hydroxylation is 1. The number of aliphatic imine (C=N–C) groups is 1. The molecule has 0 aromatic heterocycles. The predicted octanol–water partition coefficient (Wildman–Crippen LogP) is 3.12. The largest absolute Gasteiger partial charge is 0.356 e. The molecule has 3 heteroatoms. The van der Waals surface area contributed by atoms with Crippen LogP contribution in [0.3, 0.4) is 0 Å². The average molecular weight is 307 g/mol. The van der Waals surface area contributed by atoms with Gasteiger partial charge in [-0.2, -0.15) is 0 Å². The van der Waals surface area contributed by atoms with E-state index in [-0.39, 0.29) is 0 Å². The fourth-order valence-corrected chi connectivity index (χ4v) is 3.13. The second-order valence-corrected chi connectivity index (χ2v) is 6.07. The summed E-state index contributed by atoms with van der Waals surface area (Å²) >= 11 is 0. The number of nitrogens with zero attached hydrogens (tertiary/aromatic N) is 1. The number of fused-ring (bicyclic) bond motifs is 1. The normalized spacial score (nSPS) is 16.4. The quantitative estimate of drug-likeness (QED) is 0.489. The van der Waals surface area contributed by atoms with E-state index in [9.17, 15) is 0 Å². The van der Waals surface area contributed by atoms with E-state index in [2.05, 4.69) is 70.2 Å². The lowest BCUT2D eigenvalue weighted by atomic mass is 9.78. The fraction of sp³-hybridized carbons (Fsp3) is 0.350. The molecule has 0 aliphatic heterocycles. The first-order valence-corrected chi connectivity index (χ1v) is 8.43. The van der Waals surface area contributed by atoms with Crippen molar-refractivity contribution in [1.29, 1.82) is 0 Å². The van der Waals surface area contributed by atoms with Gasteiger partial charge >= 0.3 is 0 Å². The summed E-state index contributed by atoms with van der Waals surface area (Å²) in [7, 11) is 1.83. The predicted molar refractivity (Wildman–Crippen MR) is 97.0 cm³/mol. The third-order valence-electron chi connectivity index (χ3n) is 4.48. The van der Waals surface area contributed by atoms with Crippen molar-refractivity contribution in [3.05, 3.63) is 71.3 Å². The Balaban J connectivity index is 1.36. The minimum absolute atomic E-state index is 0.620. The average Bonchev–Trinajstić information content (AvgIpc) is 2.58. The second-order valence-electron chi connectivity index (χ2n) is 6.07. The maximum absolute atomic E-state index is 4.31. The SMILES string of the molecule is CN=C(NCCCc1ccccc1)NCC1Cc2ccccc21. The Morgan fingerprint density at radius 3 is 2.61 bits per heavy atom. The summed E-state index contributed by atoms with van der Waals surface area (Å²) < 4.78 is 0. The first-order chi connectivity index (χ1) is 11.4. The first kappa shape index (κ1) is 15.6. The van der Waals surface area contributed by atoms with Crippen LogP contribution >= 0.6 is 0 Å². The van der Waals surface area contributed by atoms with Crippen LogP contribution in [0, 0.1) is 0 Å². The molecule has 0 spiro atoms. The summed E-state index contributed by atoms with van der Waals surface area (Å²) in [4.78, 5) is 4.31. The highest BCUT2D eigenvalue weighted by atomic mass is 15.2. The molecule has 2 aromatic carbocycles. The van der Waals surface area contributed by atoms with Gasteiger partial charge in [-0.3, -0.25) is 4.99 Å². The van der Waals surface area contributed by atoms with Gasteiger partial charge in [0.15, 0.2) is 5.96 Å². The molecule has 0 radical (unpaired) electrons. The Hall–Kier alpha value is -2.29. The molecule has 2 N–H and O–H groups in total. The molecular weight excluding hydrogens is 282 g/mol. The van der Waals surface area contributed by atoms with Gasteiger partial charge in [-0.05, 0) is 36.0 Å². The molecule has 0 amide bonds. The van der Waals surface area contributed by atoms with E-state index in [0.717, 1.165) is 31.9 Å². The maximum atomic E-state index is 4.31. The molecule has 120 valence electrons. The van der Waals surface area contributed by atoms with Gasteiger partial charge in [0, 0.05) is 26.1 Å². The van der Waals surface area contributed by atoms with Gasteiger partial charge in [0.2, 0.25) is 0 Å². The van der Waals surface area contributed by atoms with E-state index in [1.54, 1.807) is 0 Å².